The lowest BCUT2D eigenvalue weighted by atomic mass is 10.2. The van der Waals surface area contributed by atoms with E-state index in [0.29, 0.717) is 11.5 Å². The zero-order valence-electron chi connectivity index (χ0n) is 16.5. The van der Waals surface area contributed by atoms with Crippen LogP contribution < -0.4 is 14.8 Å². The Bertz CT molecular complexity index is 1080. The highest BCUT2D eigenvalue weighted by Crippen LogP contribution is 2.28. The molecule has 1 aromatic heterocycles. The molecular formula is C23H23N3O3. The standard InChI is InChI=1S/C23H23N3O3/c1-3-12-26-13-10-18-16-19(6-7-20(18)26)25-23(27)9-5-17-4-8-21(29-14-11-24)22(15-17)28-2/h4-10,13,15-16H,3,12,14H2,1-2H3,(H,25,27)/b9-5+. The third-order valence-electron chi connectivity index (χ3n) is 4.41. The number of nitriles is 1. The molecule has 0 radical (unpaired) electrons. The highest BCUT2D eigenvalue weighted by Gasteiger charge is 2.06. The van der Waals surface area contributed by atoms with Crippen molar-refractivity contribution in [2.45, 2.75) is 19.9 Å². The zero-order valence-corrected chi connectivity index (χ0v) is 16.5. The summed E-state index contributed by atoms with van der Waals surface area (Å²) in [6.07, 6.45) is 6.31. The molecule has 6 heteroatoms. The van der Waals surface area contributed by atoms with Gasteiger partial charge in [0.1, 0.15) is 6.07 Å². The molecule has 0 saturated carbocycles. The van der Waals surface area contributed by atoms with Gasteiger partial charge in [0.25, 0.3) is 0 Å². The van der Waals surface area contributed by atoms with Crippen LogP contribution >= 0.6 is 0 Å². The van der Waals surface area contributed by atoms with Crippen LogP contribution in [0.15, 0.2) is 54.7 Å². The van der Waals surface area contributed by atoms with Crippen LogP contribution in [0.4, 0.5) is 5.69 Å². The van der Waals surface area contributed by atoms with Crippen molar-refractivity contribution >= 4 is 28.6 Å². The molecule has 2 aromatic carbocycles. The number of amides is 1. The average molecular weight is 389 g/mol. The van der Waals surface area contributed by atoms with Crippen molar-refractivity contribution in [2.75, 3.05) is 19.0 Å². The SMILES string of the molecule is CCCn1ccc2cc(NC(=O)/C=C/c3ccc(OCC#N)c(OC)c3)ccc21. The van der Waals surface area contributed by atoms with E-state index in [1.807, 2.05) is 24.3 Å². The van der Waals surface area contributed by atoms with Crippen LogP contribution in [0.2, 0.25) is 0 Å². The molecule has 3 aromatic rings. The number of fused-ring (bicyclic) bond motifs is 1. The van der Waals surface area contributed by atoms with Crippen molar-refractivity contribution in [3.05, 3.63) is 60.3 Å². The predicted octanol–water partition coefficient (Wildman–Crippen LogP) is 4.61. The molecule has 0 fully saturated rings. The number of aryl methyl sites for hydroxylation is 1. The highest BCUT2D eigenvalue weighted by atomic mass is 16.5. The van der Waals surface area contributed by atoms with Crippen LogP contribution in [0.3, 0.4) is 0 Å². The monoisotopic (exact) mass is 389 g/mol. The van der Waals surface area contributed by atoms with E-state index in [4.69, 9.17) is 14.7 Å². The molecule has 1 heterocycles. The zero-order chi connectivity index (χ0) is 20.6. The van der Waals surface area contributed by atoms with Gasteiger partial charge in [-0.1, -0.05) is 13.0 Å². The van der Waals surface area contributed by atoms with Gasteiger partial charge in [-0.05, 0) is 54.5 Å². The number of aromatic nitrogens is 1. The Labute approximate surface area is 170 Å². The fraction of sp³-hybridized carbons (Fsp3) is 0.217. The number of nitrogens with zero attached hydrogens (tertiary/aromatic N) is 2. The first-order chi connectivity index (χ1) is 14.1. The summed E-state index contributed by atoms with van der Waals surface area (Å²) in [5, 5.41) is 12.6. The summed E-state index contributed by atoms with van der Waals surface area (Å²) in [6.45, 7) is 3.07. The fourth-order valence-electron chi connectivity index (χ4n) is 3.09. The number of hydrogen-bond donors (Lipinski definition) is 1. The van der Waals surface area contributed by atoms with E-state index >= 15 is 0 Å². The van der Waals surface area contributed by atoms with Crippen molar-refractivity contribution in [1.82, 2.24) is 4.57 Å². The second kappa shape index (κ2) is 9.47. The third kappa shape index (κ3) is 4.96. The van der Waals surface area contributed by atoms with Crippen LogP contribution in [-0.2, 0) is 11.3 Å². The molecule has 0 bridgehead atoms. The Morgan fingerprint density at radius 3 is 2.83 bits per heavy atom. The Kier molecular flexibility index (Phi) is 6.54. The van der Waals surface area contributed by atoms with Crippen LogP contribution in [0.1, 0.15) is 18.9 Å². The quantitative estimate of drug-likeness (QED) is 0.571. The summed E-state index contributed by atoms with van der Waals surface area (Å²) in [7, 11) is 1.53. The fourth-order valence-corrected chi connectivity index (χ4v) is 3.09. The molecule has 0 atom stereocenters. The molecule has 0 saturated heterocycles. The summed E-state index contributed by atoms with van der Waals surface area (Å²) >= 11 is 0. The first-order valence-electron chi connectivity index (χ1n) is 9.40. The van der Waals surface area contributed by atoms with Gasteiger partial charge in [-0.15, -0.1) is 0 Å². The number of methoxy groups -OCH3 is 1. The molecule has 29 heavy (non-hydrogen) atoms. The Morgan fingerprint density at radius 1 is 1.21 bits per heavy atom. The maximum Gasteiger partial charge on any atom is 0.248 e. The number of nitrogens with one attached hydrogen (secondary N) is 1. The van der Waals surface area contributed by atoms with Crippen LogP contribution in [0.5, 0.6) is 11.5 Å². The van der Waals surface area contributed by atoms with Gasteiger partial charge in [-0.3, -0.25) is 4.79 Å². The summed E-state index contributed by atoms with van der Waals surface area (Å²) < 4.78 is 12.8. The smallest absolute Gasteiger partial charge is 0.248 e. The molecule has 6 nitrogen and oxygen atoms in total. The number of ether oxygens (including phenoxy) is 2. The number of benzene rings is 2. The van der Waals surface area contributed by atoms with Gasteiger partial charge in [-0.2, -0.15) is 5.26 Å². The second-order valence-electron chi connectivity index (χ2n) is 6.46. The molecule has 0 aliphatic heterocycles. The number of hydrogen-bond acceptors (Lipinski definition) is 4. The van der Waals surface area contributed by atoms with Crippen molar-refractivity contribution < 1.29 is 14.3 Å². The van der Waals surface area contributed by atoms with Gasteiger partial charge in [0, 0.05) is 35.4 Å². The van der Waals surface area contributed by atoms with Crippen molar-refractivity contribution in [2.24, 2.45) is 0 Å². The summed E-state index contributed by atoms with van der Waals surface area (Å²) in [5.74, 6) is 0.768. The van der Waals surface area contributed by atoms with Gasteiger partial charge in [0.15, 0.2) is 18.1 Å². The lowest BCUT2D eigenvalue weighted by Crippen LogP contribution is -2.07. The summed E-state index contributed by atoms with van der Waals surface area (Å²) in [6, 6.07) is 15.1. The van der Waals surface area contributed by atoms with Crippen LogP contribution in [0, 0.1) is 11.3 Å². The van der Waals surface area contributed by atoms with Crippen LogP contribution in [0.25, 0.3) is 17.0 Å². The van der Waals surface area contributed by atoms with E-state index in [2.05, 4.69) is 29.1 Å². The molecule has 0 spiro atoms. The summed E-state index contributed by atoms with van der Waals surface area (Å²) in [4.78, 5) is 12.3. The summed E-state index contributed by atoms with van der Waals surface area (Å²) in [5.41, 5.74) is 2.69. The lowest BCUT2D eigenvalue weighted by Gasteiger charge is -2.09. The predicted molar refractivity (Wildman–Crippen MR) is 114 cm³/mol. The van der Waals surface area contributed by atoms with Crippen molar-refractivity contribution in [1.29, 1.82) is 5.26 Å². The molecule has 1 amide bonds. The minimum Gasteiger partial charge on any atom is -0.493 e. The molecule has 3 rings (SSSR count). The van der Waals surface area contributed by atoms with Gasteiger partial charge >= 0.3 is 0 Å². The molecule has 0 aliphatic carbocycles. The van der Waals surface area contributed by atoms with Crippen LogP contribution in [-0.4, -0.2) is 24.2 Å². The minimum absolute atomic E-state index is 0.0554. The lowest BCUT2D eigenvalue weighted by molar-refractivity contribution is -0.111. The normalized spacial score (nSPS) is 10.8. The van der Waals surface area contributed by atoms with E-state index in [1.54, 1.807) is 24.3 Å². The Hall–Kier alpha value is -3.72. The van der Waals surface area contributed by atoms with Crippen molar-refractivity contribution in [3.8, 4) is 17.6 Å². The van der Waals surface area contributed by atoms with Crippen molar-refractivity contribution in [3.63, 3.8) is 0 Å². The number of anilines is 1. The Morgan fingerprint density at radius 2 is 2.07 bits per heavy atom. The van der Waals surface area contributed by atoms with Gasteiger partial charge in [-0.25, -0.2) is 0 Å². The van der Waals surface area contributed by atoms with E-state index in [1.165, 1.54) is 13.2 Å². The third-order valence-corrected chi connectivity index (χ3v) is 4.41. The van der Waals surface area contributed by atoms with E-state index in [-0.39, 0.29) is 12.5 Å². The highest BCUT2D eigenvalue weighted by molar-refractivity contribution is 6.03. The maximum atomic E-state index is 12.3. The average Bonchev–Trinajstić information content (AvgIpc) is 3.13. The maximum absolute atomic E-state index is 12.3. The van der Waals surface area contributed by atoms with E-state index < -0.39 is 0 Å². The van der Waals surface area contributed by atoms with E-state index in [0.717, 1.165) is 35.1 Å². The van der Waals surface area contributed by atoms with Gasteiger partial charge in [0.2, 0.25) is 5.91 Å². The topological polar surface area (TPSA) is 76.3 Å². The Balaban J connectivity index is 1.68. The first-order valence-corrected chi connectivity index (χ1v) is 9.40. The second-order valence-corrected chi connectivity index (χ2v) is 6.46. The number of rotatable bonds is 8. The largest absolute Gasteiger partial charge is 0.493 e. The first kappa shape index (κ1) is 20.0. The molecule has 1 N–H and O–H groups in total. The molecule has 148 valence electrons. The molecule has 0 aliphatic rings. The van der Waals surface area contributed by atoms with Gasteiger partial charge in [0.05, 0.1) is 7.11 Å². The molecule has 0 unspecified atom stereocenters. The van der Waals surface area contributed by atoms with Gasteiger partial charge < -0.3 is 19.4 Å². The minimum atomic E-state index is -0.221. The van der Waals surface area contributed by atoms with E-state index in [9.17, 15) is 4.79 Å². The molecular weight excluding hydrogens is 366 g/mol. The number of carbonyl (C=O) groups is 1. The number of carbonyl (C=O) groups excluding carboxylic acids is 1.